The highest BCUT2D eigenvalue weighted by molar-refractivity contribution is 7.93. The molecule has 0 atom stereocenters. The van der Waals surface area contributed by atoms with E-state index in [0.29, 0.717) is 0 Å². The highest BCUT2D eigenvalue weighted by Crippen LogP contribution is 2.28. The number of nitrogens with zero attached hydrogens (tertiary/aromatic N) is 2. The number of anilines is 2. The first kappa shape index (κ1) is 15.2. The van der Waals surface area contributed by atoms with E-state index in [-0.39, 0.29) is 22.9 Å². The fourth-order valence-corrected chi connectivity index (χ4v) is 3.66. The van der Waals surface area contributed by atoms with Gasteiger partial charge in [-0.05, 0) is 31.2 Å². The van der Waals surface area contributed by atoms with Crippen molar-refractivity contribution in [2.45, 2.75) is 11.8 Å². The second-order valence-electron chi connectivity index (χ2n) is 4.22. The molecule has 0 aliphatic heterocycles. The van der Waals surface area contributed by atoms with Crippen molar-refractivity contribution in [3.63, 3.8) is 0 Å². The monoisotopic (exact) mass is 309 g/mol. The standard InChI is InChI=1S/C14H16FN3O2S/c1-3-18(12-8-5-4-7-11(12)15)21(19,20)13-9-6-10-17-14(13)16-2/h4-10H,3H2,1-2H3,(H,16,17). The van der Waals surface area contributed by atoms with Gasteiger partial charge in [-0.3, -0.25) is 4.31 Å². The second-order valence-corrected chi connectivity index (χ2v) is 6.05. The van der Waals surface area contributed by atoms with Crippen LogP contribution in [0.25, 0.3) is 0 Å². The van der Waals surface area contributed by atoms with Crippen molar-refractivity contribution in [2.75, 3.05) is 23.2 Å². The van der Waals surface area contributed by atoms with Crippen LogP contribution < -0.4 is 9.62 Å². The summed E-state index contributed by atoms with van der Waals surface area (Å²) in [7, 11) is -2.32. The first-order chi connectivity index (χ1) is 10.0. The molecule has 0 saturated heterocycles. The number of rotatable bonds is 5. The predicted molar refractivity (Wildman–Crippen MR) is 80.4 cm³/mol. The number of aromatic nitrogens is 1. The topological polar surface area (TPSA) is 62.3 Å². The number of hydrogen-bond donors (Lipinski definition) is 1. The number of halogens is 1. The normalized spacial score (nSPS) is 11.2. The lowest BCUT2D eigenvalue weighted by Crippen LogP contribution is -2.32. The Hall–Kier alpha value is -2.15. The molecule has 0 aliphatic carbocycles. The lowest BCUT2D eigenvalue weighted by molar-refractivity contribution is 0.586. The molecule has 0 spiro atoms. The smallest absolute Gasteiger partial charge is 0.268 e. The fourth-order valence-electron chi connectivity index (χ4n) is 2.03. The Balaban J connectivity index is 2.58. The number of sulfonamides is 1. The maximum atomic E-state index is 13.9. The Morgan fingerprint density at radius 3 is 2.57 bits per heavy atom. The lowest BCUT2D eigenvalue weighted by Gasteiger charge is -2.24. The molecule has 1 aromatic heterocycles. The minimum Gasteiger partial charge on any atom is -0.372 e. The van der Waals surface area contributed by atoms with Gasteiger partial charge in [-0.15, -0.1) is 0 Å². The highest BCUT2D eigenvalue weighted by atomic mass is 32.2. The van der Waals surface area contributed by atoms with Gasteiger partial charge < -0.3 is 5.32 Å². The van der Waals surface area contributed by atoms with Gasteiger partial charge in [0.2, 0.25) is 0 Å². The molecule has 5 nitrogen and oxygen atoms in total. The molecule has 0 bridgehead atoms. The van der Waals surface area contributed by atoms with Gasteiger partial charge in [0, 0.05) is 19.8 Å². The van der Waals surface area contributed by atoms with Crippen LogP contribution in [-0.2, 0) is 10.0 Å². The highest BCUT2D eigenvalue weighted by Gasteiger charge is 2.28. The predicted octanol–water partition coefficient (Wildman–Crippen LogP) is 2.48. The van der Waals surface area contributed by atoms with E-state index in [9.17, 15) is 12.8 Å². The summed E-state index contributed by atoms with van der Waals surface area (Å²) in [5.41, 5.74) is 0.0194. The van der Waals surface area contributed by atoms with Crippen LogP contribution in [0.2, 0.25) is 0 Å². The van der Waals surface area contributed by atoms with Crippen LogP contribution in [0.4, 0.5) is 15.9 Å². The van der Waals surface area contributed by atoms with E-state index in [4.69, 9.17) is 0 Å². The summed E-state index contributed by atoms with van der Waals surface area (Å²) in [5.74, 6) is -0.356. The first-order valence-electron chi connectivity index (χ1n) is 6.42. The summed E-state index contributed by atoms with van der Waals surface area (Å²) in [6, 6.07) is 8.75. The van der Waals surface area contributed by atoms with Gasteiger partial charge in [0.25, 0.3) is 10.0 Å². The van der Waals surface area contributed by atoms with Gasteiger partial charge in [0.05, 0.1) is 5.69 Å². The van der Waals surface area contributed by atoms with Gasteiger partial charge in [0.1, 0.15) is 16.5 Å². The molecule has 0 saturated carbocycles. The molecule has 21 heavy (non-hydrogen) atoms. The number of para-hydroxylation sites is 1. The van der Waals surface area contributed by atoms with E-state index < -0.39 is 15.8 Å². The average molecular weight is 309 g/mol. The molecule has 1 heterocycles. The van der Waals surface area contributed by atoms with Gasteiger partial charge in [-0.25, -0.2) is 17.8 Å². The van der Waals surface area contributed by atoms with Crippen LogP contribution in [0.5, 0.6) is 0 Å². The van der Waals surface area contributed by atoms with E-state index in [1.807, 2.05) is 0 Å². The van der Waals surface area contributed by atoms with Crippen LogP contribution in [-0.4, -0.2) is 27.0 Å². The van der Waals surface area contributed by atoms with Crippen molar-refractivity contribution in [3.8, 4) is 0 Å². The van der Waals surface area contributed by atoms with Crippen LogP contribution >= 0.6 is 0 Å². The third kappa shape index (κ3) is 2.82. The van der Waals surface area contributed by atoms with Crippen molar-refractivity contribution in [2.24, 2.45) is 0 Å². The summed E-state index contributed by atoms with van der Waals surface area (Å²) in [5, 5.41) is 2.74. The molecular weight excluding hydrogens is 293 g/mol. The maximum absolute atomic E-state index is 13.9. The van der Waals surface area contributed by atoms with Gasteiger partial charge in [0.15, 0.2) is 0 Å². The Labute approximate surface area is 123 Å². The van der Waals surface area contributed by atoms with E-state index in [0.717, 1.165) is 4.31 Å². The van der Waals surface area contributed by atoms with Crippen LogP contribution in [0.1, 0.15) is 6.92 Å². The molecule has 0 aliphatic rings. The first-order valence-corrected chi connectivity index (χ1v) is 7.86. The number of pyridine rings is 1. The summed E-state index contributed by atoms with van der Waals surface area (Å²) >= 11 is 0. The molecule has 1 N–H and O–H groups in total. The quantitative estimate of drug-likeness (QED) is 0.921. The fraction of sp³-hybridized carbons (Fsp3) is 0.214. The number of benzene rings is 1. The Kier molecular flexibility index (Phi) is 4.42. The van der Waals surface area contributed by atoms with Crippen molar-refractivity contribution in [1.29, 1.82) is 0 Å². The zero-order chi connectivity index (χ0) is 15.5. The molecule has 112 valence electrons. The Morgan fingerprint density at radius 2 is 1.95 bits per heavy atom. The van der Waals surface area contributed by atoms with E-state index in [1.54, 1.807) is 20.0 Å². The molecular formula is C14H16FN3O2S. The zero-order valence-corrected chi connectivity index (χ0v) is 12.6. The van der Waals surface area contributed by atoms with Crippen molar-refractivity contribution in [1.82, 2.24) is 4.98 Å². The molecule has 2 rings (SSSR count). The minimum absolute atomic E-state index is 0.0117. The summed E-state index contributed by atoms with van der Waals surface area (Å²) < 4.78 is 40.5. The van der Waals surface area contributed by atoms with Gasteiger partial charge >= 0.3 is 0 Å². The maximum Gasteiger partial charge on any atom is 0.268 e. The third-order valence-electron chi connectivity index (χ3n) is 2.98. The van der Waals surface area contributed by atoms with Crippen LogP contribution in [0.3, 0.4) is 0 Å². The van der Waals surface area contributed by atoms with Gasteiger partial charge in [-0.1, -0.05) is 12.1 Å². The molecule has 0 amide bonds. The van der Waals surface area contributed by atoms with E-state index in [2.05, 4.69) is 10.3 Å². The summed E-state index contributed by atoms with van der Waals surface area (Å²) in [6.07, 6.45) is 1.49. The molecule has 7 heteroatoms. The van der Waals surface area contributed by atoms with Crippen molar-refractivity contribution >= 4 is 21.5 Å². The van der Waals surface area contributed by atoms with Crippen LogP contribution in [0.15, 0.2) is 47.5 Å². The third-order valence-corrected chi connectivity index (χ3v) is 4.90. The van der Waals surface area contributed by atoms with E-state index >= 15 is 0 Å². The van der Waals surface area contributed by atoms with Crippen molar-refractivity contribution < 1.29 is 12.8 Å². The molecule has 2 aromatic rings. The Bertz CT molecular complexity index is 735. The van der Waals surface area contributed by atoms with Gasteiger partial charge in [-0.2, -0.15) is 0 Å². The molecule has 0 radical (unpaired) electrons. The second kappa shape index (κ2) is 6.09. The Morgan fingerprint density at radius 1 is 1.24 bits per heavy atom. The molecule has 1 aromatic carbocycles. The number of hydrogen-bond acceptors (Lipinski definition) is 4. The largest absolute Gasteiger partial charge is 0.372 e. The average Bonchev–Trinajstić information content (AvgIpc) is 2.49. The SMILES string of the molecule is CCN(c1ccccc1F)S(=O)(=O)c1cccnc1NC. The molecule has 0 unspecified atom stereocenters. The summed E-state index contributed by atoms with van der Waals surface area (Å²) in [4.78, 5) is 4.00. The van der Waals surface area contributed by atoms with Crippen LogP contribution in [0, 0.1) is 5.82 Å². The van der Waals surface area contributed by atoms with E-state index in [1.165, 1.54) is 36.5 Å². The number of nitrogens with one attached hydrogen (secondary N) is 1. The molecule has 0 fully saturated rings. The minimum atomic E-state index is -3.90. The van der Waals surface area contributed by atoms with Crippen molar-refractivity contribution in [3.05, 3.63) is 48.4 Å². The lowest BCUT2D eigenvalue weighted by atomic mass is 10.3. The summed E-state index contributed by atoms with van der Waals surface area (Å²) in [6.45, 7) is 1.76. The zero-order valence-electron chi connectivity index (χ0n) is 11.7.